The van der Waals surface area contributed by atoms with E-state index in [1.165, 1.54) is 18.3 Å². The van der Waals surface area contributed by atoms with Gasteiger partial charge in [-0.15, -0.1) is 0 Å². The van der Waals surface area contributed by atoms with Crippen LogP contribution in [0.1, 0.15) is 21.7 Å². The number of carboxylic acid groups (broad SMARTS) is 1. The number of halogens is 1. The third-order valence-electron chi connectivity index (χ3n) is 3.57. The highest BCUT2D eigenvalue weighted by atomic mass is 19.1. The van der Waals surface area contributed by atoms with Gasteiger partial charge in [0.1, 0.15) is 5.82 Å². The average molecular weight is 325 g/mol. The molecular formula is C16H12FN5O2. The molecule has 0 amide bonds. The zero-order chi connectivity index (χ0) is 17.1. The van der Waals surface area contributed by atoms with Crippen LogP contribution in [0.25, 0.3) is 21.3 Å². The molecule has 2 aromatic heterocycles. The molecule has 8 heteroatoms. The van der Waals surface area contributed by atoms with Crippen molar-refractivity contribution in [1.29, 1.82) is 0 Å². The lowest BCUT2D eigenvalue weighted by Crippen LogP contribution is -2.02. The summed E-state index contributed by atoms with van der Waals surface area (Å²) in [5, 5.41) is 13.1. The van der Waals surface area contributed by atoms with Gasteiger partial charge in [-0.05, 0) is 35.9 Å². The highest BCUT2D eigenvalue weighted by Crippen LogP contribution is 2.23. The van der Waals surface area contributed by atoms with Gasteiger partial charge in [0.05, 0.1) is 24.3 Å². The van der Waals surface area contributed by atoms with Crippen LogP contribution in [0.2, 0.25) is 0 Å². The van der Waals surface area contributed by atoms with Crippen molar-refractivity contribution in [3.8, 4) is 0 Å². The van der Waals surface area contributed by atoms with Crippen LogP contribution in [-0.2, 0) is 13.1 Å². The monoisotopic (exact) mass is 325 g/mol. The summed E-state index contributed by atoms with van der Waals surface area (Å²) < 4.78 is 15.1. The molecule has 0 spiro atoms. The number of hydrogen-bond donors (Lipinski definition) is 1. The third kappa shape index (κ3) is 3.04. The third-order valence-corrected chi connectivity index (χ3v) is 3.57. The van der Waals surface area contributed by atoms with Gasteiger partial charge in [0.15, 0.2) is 0 Å². The maximum Gasteiger partial charge on any atom is 0.337 e. The van der Waals surface area contributed by atoms with E-state index >= 15 is 0 Å². The van der Waals surface area contributed by atoms with Crippen LogP contribution < -0.4 is 0 Å². The molecule has 0 aliphatic carbocycles. The molecule has 0 aliphatic rings. The first-order chi connectivity index (χ1) is 11.6. The van der Waals surface area contributed by atoms with E-state index in [2.05, 4.69) is 15.0 Å². The van der Waals surface area contributed by atoms with Crippen molar-refractivity contribution in [2.75, 3.05) is 0 Å². The van der Waals surface area contributed by atoms with Crippen LogP contribution in [0.4, 0.5) is 4.39 Å². The van der Waals surface area contributed by atoms with Gasteiger partial charge in [-0.3, -0.25) is 4.98 Å². The fraction of sp³-hybridized carbons (Fsp3) is 0.125. The molecule has 24 heavy (non-hydrogen) atoms. The van der Waals surface area contributed by atoms with E-state index in [1.807, 2.05) is 0 Å². The van der Waals surface area contributed by atoms with Gasteiger partial charge in [-0.2, -0.15) is 0 Å². The van der Waals surface area contributed by atoms with Crippen LogP contribution in [0.5, 0.6) is 0 Å². The summed E-state index contributed by atoms with van der Waals surface area (Å²) in [6.07, 6.45) is 1.47. The molecule has 0 saturated carbocycles. The number of fused-ring (bicyclic) bond motifs is 1. The first-order valence-electron chi connectivity index (χ1n) is 7.06. The number of carboxylic acids is 1. The summed E-state index contributed by atoms with van der Waals surface area (Å²) in [6.45, 7) is 0.460. The van der Waals surface area contributed by atoms with Crippen LogP contribution in [0.15, 0.2) is 47.7 Å². The van der Waals surface area contributed by atoms with E-state index in [9.17, 15) is 14.3 Å². The van der Waals surface area contributed by atoms with E-state index in [4.69, 9.17) is 5.53 Å². The molecule has 0 atom stereocenters. The number of carbonyl (C=O) groups is 1. The minimum Gasteiger partial charge on any atom is -0.478 e. The predicted octanol–water partition coefficient (Wildman–Crippen LogP) is 3.73. The molecule has 0 saturated heterocycles. The zero-order valence-corrected chi connectivity index (χ0v) is 12.4. The van der Waals surface area contributed by atoms with Gasteiger partial charge >= 0.3 is 5.97 Å². The molecule has 1 N–H and O–H groups in total. The molecule has 0 radical (unpaired) electrons. The number of hydrogen-bond acceptors (Lipinski definition) is 3. The second-order valence-electron chi connectivity index (χ2n) is 5.15. The summed E-state index contributed by atoms with van der Waals surface area (Å²) >= 11 is 0. The molecular weight excluding hydrogens is 313 g/mol. The average Bonchev–Trinajstić information content (AvgIpc) is 2.91. The van der Waals surface area contributed by atoms with Crippen molar-refractivity contribution in [3.05, 3.63) is 75.8 Å². The Morgan fingerprint density at radius 1 is 1.33 bits per heavy atom. The summed E-state index contributed by atoms with van der Waals surface area (Å²) in [5.74, 6) is -1.60. The lowest BCUT2D eigenvalue weighted by Gasteiger charge is -2.06. The Kier molecular flexibility index (Phi) is 4.13. The normalized spacial score (nSPS) is 10.5. The van der Waals surface area contributed by atoms with E-state index < -0.39 is 11.8 Å². The van der Waals surface area contributed by atoms with Crippen LogP contribution in [-0.4, -0.2) is 20.6 Å². The van der Waals surface area contributed by atoms with E-state index in [0.717, 1.165) is 0 Å². The quantitative estimate of drug-likeness (QED) is 0.439. The second-order valence-corrected chi connectivity index (χ2v) is 5.15. The van der Waals surface area contributed by atoms with Gasteiger partial charge < -0.3 is 9.67 Å². The smallest absolute Gasteiger partial charge is 0.337 e. The Bertz CT molecular complexity index is 976. The lowest BCUT2D eigenvalue weighted by molar-refractivity contribution is 0.0699. The van der Waals surface area contributed by atoms with Gasteiger partial charge in [-0.1, -0.05) is 11.2 Å². The van der Waals surface area contributed by atoms with E-state index in [0.29, 0.717) is 28.8 Å². The number of rotatable bonds is 5. The molecule has 7 nitrogen and oxygen atoms in total. The highest BCUT2D eigenvalue weighted by molar-refractivity contribution is 6.03. The minimum atomic E-state index is -1.12. The Morgan fingerprint density at radius 3 is 2.88 bits per heavy atom. The number of azide groups is 1. The molecule has 1 aromatic carbocycles. The molecule has 3 aromatic rings. The fourth-order valence-corrected chi connectivity index (χ4v) is 2.55. The van der Waals surface area contributed by atoms with Crippen molar-refractivity contribution in [1.82, 2.24) is 9.55 Å². The topological polar surface area (TPSA) is 104 Å². The molecule has 0 bridgehead atoms. The van der Waals surface area contributed by atoms with Crippen LogP contribution in [0, 0.1) is 5.82 Å². The Balaban J connectivity index is 2.01. The van der Waals surface area contributed by atoms with Crippen molar-refractivity contribution < 1.29 is 14.3 Å². The predicted molar refractivity (Wildman–Crippen MR) is 85.0 cm³/mol. The van der Waals surface area contributed by atoms with Gasteiger partial charge in [-0.25, -0.2) is 9.18 Å². The molecule has 0 fully saturated rings. The molecule has 3 rings (SSSR count). The summed E-state index contributed by atoms with van der Waals surface area (Å²) in [6, 6.07) is 9.35. The Hall–Kier alpha value is -3.38. The molecule has 0 aliphatic heterocycles. The second kappa shape index (κ2) is 6.39. The largest absolute Gasteiger partial charge is 0.478 e. The number of pyridine rings is 1. The number of benzene rings is 1. The first-order valence-corrected chi connectivity index (χ1v) is 7.06. The zero-order valence-electron chi connectivity index (χ0n) is 12.4. The molecule has 2 heterocycles. The van der Waals surface area contributed by atoms with Crippen molar-refractivity contribution in [2.24, 2.45) is 5.11 Å². The fourth-order valence-electron chi connectivity index (χ4n) is 2.55. The highest BCUT2D eigenvalue weighted by Gasteiger charge is 2.15. The lowest BCUT2D eigenvalue weighted by atomic mass is 10.2. The van der Waals surface area contributed by atoms with Crippen LogP contribution >= 0.6 is 0 Å². The van der Waals surface area contributed by atoms with E-state index in [1.54, 1.807) is 28.8 Å². The van der Waals surface area contributed by atoms with Crippen molar-refractivity contribution in [3.63, 3.8) is 0 Å². The SMILES string of the molecule is [N-]=[N+]=NCc1cccc(Cn2cc(C(=O)O)c3cc(F)ccc32)n1. The first kappa shape index (κ1) is 15.5. The maximum atomic E-state index is 13.4. The van der Waals surface area contributed by atoms with Crippen LogP contribution in [0.3, 0.4) is 0 Å². The van der Waals surface area contributed by atoms with Crippen molar-refractivity contribution in [2.45, 2.75) is 13.1 Å². The maximum absolute atomic E-state index is 13.4. The summed E-state index contributed by atoms with van der Waals surface area (Å²) in [4.78, 5) is 18.4. The number of aromatic nitrogens is 2. The summed E-state index contributed by atoms with van der Waals surface area (Å²) in [5.41, 5.74) is 10.3. The molecule has 0 unspecified atom stereocenters. The standard InChI is InChI=1S/C16H12FN5O2/c17-10-4-5-15-13(6-10)14(16(23)24)9-22(15)8-12-3-1-2-11(20-12)7-19-21-18/h1-6,9H,7-8H2,(H,23,24). The number of nitrogens with zero attached hydrogens (tertiary/aromatic N) is 5. The minimum absolute atomic E-state index is 0.0368. The van der Waals surface area contributed by atoms with Gasteiger partial charge in [0.25, 0.3) is 0 Å². The van der Waals surface area contributed by atoms with Gasteiger partial charge in [0, 0.05) is 27.7 Å². The van der Waals surface area contributed by atoms with Crippen molar-refractivity contribution >= 4 is 16.9 Å². The molecule has 120 valence electrons. The Morgan fingerprint density at radius 2 is 2.12 bits per heavy atom. The van der Waals surface area contributed by atoms with Gasteiger partial charge in [0.2, 0.25) is 0 Å². The summed E-state index contributed by atoms with van der Waals surface area (Å²) in [7, 11) is 0. The van der Waals surface area contributed by atoms with E-state index in [-0.39, 0.29) is 12.1 Å². The number of aromatic carboxylic acids is 1. The Labute approximate surface area is 135 Å².